The lowest BCUT2D eigenvalue weighted by Gasteiger charge is -2.41. The monoisotopic (exact) mass is 634 g/mol. The Morgan fingerprint density at radius 2 is 1.49 bits per heavy atom. The second-order valence-corrected chi connectivity index (χ2v) is 12.4. The molecule has 0 aliphatic carbocycles. The highest BCUT2D eigenvalue weighted by molar-refractivity contribution is 7.99. The van der Waals surface area contributed by atoms with E-state index in [2.05, 4.69) is 17.6 Å². The Kier molecular flexibility index (Phi) is 13.0. The summed E-state index contributed by atoms with van der Waals surface area (Å²) in [7, 11) is 0. The number of amides is 2. The number of benzene rings is 3. The summed E-state index contributed by atoms with van der Waals surface area (Å²) >= 11 is 1.61. The topological polar surface area (TPSA) is 134 Å². The average molecular weight is 635 g/mol. The van der Waals surface area contributed by atoms with Gasteiger partial charge in [0.25, 0.3) is 0 Å². The van der Waals surface area contributed by atoms with Gasteiger partial charge in [-0.05, 0) is 53.8 Å². The average Bonchev–Trinajstić information content (AvgIpc) is 3.05. The SMILES string of the molecule is CC(=O)NCCCCCC(=O)NCc1ccc([C@H]2O[C@@H](CSc3ccc(C(=O)O)cc3)[C@@H](C)[C@@H](c3ccc(CO)cc3)O2)cc1. The lowest BCUT2D eigenvalue weighted by molar-refractivity contribution is -0.268. The van der Waals surface area contributed by atoms with E-state index in [1.54, 1.807) is 23.9 Å². The van der Waals surface area contributed by atoms with E-state index in [1.807, 2.05) is 60.7 Å². The fourth-order valence-corrected chi connectivity index (χ4v) is 6.18. The maximum atomic E-state index is 12.3. The Labute approximate surface area is 268 Å². The summed E-state index contributed by atoms with van der Waals surface area (Å²) in [6, 6.07) is 22.5. The number of ether oxygens (including phenoxy) is 2. The minimum atomic E-state index is -0.953. The van der Waals surface area contributed by atoms with Crippen molar-refractivity contribution in [1.82, 2.24) is 10.6 Å². The van der Waals surface area contributed by atoms with Crippen molar-refractivity contribution in [2.75, 3.05) is 12.3 Å². The fraction of sp³-hybridized carbons (Fsp3) is 0.400. The van der Waals surface area contributed by atoms with E-state index in [4.69, 9.17) is 9.47 Å². The number of aromatic carboxylic acids is 1. The van der Waals surface area contributed by atoms with Gasteiger partial charge in [-0.1, -0.05) is 61.9 Å². The summed E-state index contributed by atoms with van der Waals surface area (Å²) in [5.74, 6) is -0.322. The van der Waals surface area contributed by atoms with Crippen LogP contribution >= 0.6 is 11.8 Å². The molecule has 0 saturated carbocycles. The molecule has 9 nitrogen and oxygen atoms in total. The second kappa shape index (κ2) is 17.1. The molecule has 1 heterocycles. The molecule has 1 aliphatic heterocycles. The molecule has 1 fully saturated rings. The van der Waals surface area contributed by atoms with Crippen LogP contribution in [0.1, 0.15) is 84.5 Å². The maximum absolute atomic E-state index is 12.3. The summed E-state index contributed by atoms with van der Waals surface area (Å²) in [5, 5.41) is 24.4. The third-order valence-corrected chi connectivity index (χ3v) is 8.94. The minimum Gasteiger partial charge on any atom is -0.478 e. The highest BCUT2D eigenvalue weighted by Crippen LogP contribution is 2.43. The molecule has 0 radical (unpaired) electrons. The molecule has 1 saturated heterocycles. The molecule has 240 valence electrons. The molecule has 0 bridgehead atoms. The first-order chi connectivity index (χ1) is 21.7. The molecular weight excluding hydrogens is 592 g/mol. The van der Waals surface area contributed by atoms with Crippen LogP contribution in [-0.4, -0.2) is 46.4 Å². The Morgan fingerprint density at radius 1 is 0.822 bits per heavy atom. The van der Waals surface area contributed by atoms with Gasteiger partial charge in [0, 0.05) is 48.6 Å². The molecule has 0 aromatic heterocycles. The molecule has 4 atom stereocenters. The molecule has 1 aliphatic rings. The molecule has 0 unspecified atom stereocenters. The first kappa shape index (κ1) is 34.2. The summed E-state index contributed by atoms with van der Waals surface area (Å²) in [4.78, 5) is 35.4. The summed E-state index contributed by atoms with van der Waals surface area (Å²) in [6.07, 6.45) is 1.95. The van der Waals surface area contributed by atoms with Gasteiger partial charge in [0.1, 0.15) is 0 Å². The predicted octanol–water partition coefficient (Wildman–Crippen LogP) is 5.77. The third-order valence-electron chi connectivity index (χ3n) is 7.84. The number of aliphatic hydroxyl groups excluding tert-OH is 1. The lowest BCUT2D eigenvalue weighted by atomic mass is 9.91. The van der Waals surface area contributed by atoms with E-state index >= 15 is 0 Å². The fourth-order valence-electron chi connectivity index (χ4n) is 5.12. The van der Waals surface area contributed by atoms with Gasteiger partial charge in [0.2, 0.25) is 11.8 Å². The number of unbranched alkanes of at least 4 members (excludes halogenated alkanes) is 2. The third kappa shape index (κ3) is 10.4. The highest BCUT2D eigenvalue weighted by atomic mass is 32.2. The zero-order chi connectivity index (χ0) is 32.2. The maximum Gasteiger partial charge on any atom is 0.335 e. The number of carbonyl (C=O) groups excluding carboxylic acids is 2. The minimum absolute atomic E-state index is 0.000427. The van der Waals surface area contributed by atoms with E-state index < -0.39 is 12.3 Å². The molecule has 3 aromatic carbocycles. The number of hydrogen-bond donors (Lipinski definition) is 4. The van der Waals surface area contributed by atoms with Crippen LogP contribution in [0.3, 0.4) is 0 Å². The molecule has 2 amide bonds. The molecule has 4 N–H and O–H groups in total. The summed E-state index contributed by atoms with van der Waals surface area (Å²) in [6.45, 7) is 4.63. The predicted molar refractivity (Wildman–Crippen MR) is 173 cm³/mol. The molecule has 0 spiro atoms. The van der Waals surface area contributed by atoms with Crippen molar-refractivity contribution in [2.45, 2.75) is 76.1 Å². The number of nitrogens with one attached hydrogen (secondary N) is 2. The first-order valence-electron chi connectivity index (χ1n) is 15.3. The number of carbonyl (C=O) groups is 3. The van der Waals surface area contributed by atoms with Gasteiger partial charge >= 0.3 is 5.97 Å². The van der Waals surface area contributed by atoms with Crippen molar-refractivity contribution in [1.29, 1.82) is 0 Å². The van der Waals surface area contributed by atoms with Crippen LogP contribution in [0.15, 0.2) is 77.7 Å². The number of rotatable bonds is 15. The number of aliphatic hydroxyl groups is 1. The van der Waals surface area contributed by atoms with Gasteiger partial charge in [-0.25, -0.2) is 4.79 Å². The van der Waals surface area contributed by atoms with Crippen molar-refractivity contribution >= 4 is 29.5 Å². The number of carboxylic acid groups (broad SMARTS) is 1. The Morgan fingerprint density at radius 3 is 2.13 bits per heavy atom. The van der Waals surface area contributed by atoms with Crippen molar-refractivity contribution in [3.8, 4) is 0 Å². The van der Waals surface area contributed by atoms with E-state index in [0.717, 1.165) is 46.4 Å². The van der Waals surface area contributed by atoms with Crippen LogP contribution in [0.5, 0.6) is 0 Å². The van der Waals surface area contributed by atoms with Crippen LogP contribution in [0.25, 0.3) is 0 Å². The first-order valence-corrected chi connectivity index (χ1v) is 16.3. The molecule has 3 aromatic rings. The molecule has 10 heteroatoms. The van der Waals surface area contributed by atoms with Gasteiger partial charge < -0.3 is 30.3 Å². The summed E-state index contributed by atoms with van der Waals surface area (Å²) in [5.41, 5.74) is 3.92. The van der Waals surface area contributed by atoms with Gasteiger partial charge in [-0.2, -0.15) is 0 Å². The second-order valence-electron chi connectivity index (χ2n) is 11.3. The standard InChI is InChI=1S/C35H42N2O7S/c1-23-31(22-45-30-17-15-28(16-18-30)34(41)42)43-35(44-33(23)27-11-9-26(21-38)10-12-27)29-13-7-25(8-14-29)20-37-32(40)6-4-3-5-19-36-24(2)39/h7-18,23,31,33,35,38H,3-6,19-22H2,1-2H3,(H,36,39)(H,37,40)(H,41,42)/t23-,31+,33+,35+/m1/s1. The van der Waals surface area contributed by atoms with Gasteiger partial charge in [0.05, 0.1) is 24.4 Å². The Bertz CT molecular complexity index is 1400. The normalized spacial score (nSPS) is 19.5. The molecule has 4 rings (SSSR count). The molecular formula is C35H42N2O7S. The summed E-state index contributed by atoms with van der Waals surface area (Å²) < 4.78 is 13.1. The van der Waals surface area contributed by atoms with E-state index in [-0.39, 0.29) is 42.1 Å². The van der Waals surface area contributed by atoms with Crippen molar-refractivity contribution in [3.05, 3.63) is 101 Å². The van der Waals surface area contributed by atoms with Crippen LogP contribution < -0.4 is 10.6 Å². The van der Waals surface area contributed by atoms with Crippen molar-refractivity contribution in [3.63, 3.8) is 0 Å². The zero-order valence-corrected chi connectivity index (χ0v) is 26.6. The van der Waals surface area contributed by atoms with Gasteiger partial charge in [0.15, 0.2) is 6.29 Å². The van der Waals surface area contributed by atoms with Crippen molar-refractivity contribution < 1.29 is 34.1 Å². The Balaban J connectivity index is 1.37. The van der Waals surface area contributed by atoms with Gasteiger partial charge in [-0.3, -0.25) is 9.59 Å². The van der Waals surface area contributed by atoms with Gasteiger partial charge in [-0.15, -0.1) is 11.8 Å². The zero-order valence-electron chi connectivity index (χ0n) is 25.7. The van der Waals surface area contributed by atoms with Crippen LogP contribution in [0, 0.1) is 5.92 Å². The number of carboxylic acids is 1. The van der Waals surface area contributed by atoms with Crippen LogP contribution in [0.4, 0.5) is 0 Å². The molecule has 45 heavy (non-hydrogen) atoms. The van der Waals surface area contributed by atoms with E-state index in [0.29, 0.717) is 25.3 Å². The van der Waals surface area contributed by atoms with E-state index in [9.17, 15) is 24.6 Å². The Hall–Kier alpha value is -3.70. The van der Waals surface area contributed by atoms with Crippen molar-refractivity contribution in [2.24, 2.45) is 5.92 Å². The smallest absolute Gasteiger partial charge is 0.335 e. The quantitative estimate of drug-likeness (QED) is 0.122. The van der Waals surface area contributed by atoms with Crippen LogP contribution in [0.2, 0.25) is 0 Å². The number of thioether (sulfide) groups is 1. The van der Waals surface area contributed by atoms with E-state index in [1.165, 1.54) is 6.92 Å². The highest BCUT2D eigenvalue weighted by Gasteiger charge is 2.38. The lowest BCUT2D eigenvalue weighted by Crippen LogP contribution is -2.38. The largest absolute Gasteiger partial charge is 0.478 e. The van der Waals surface area contributed by atoms with Crippen LogP contribution in [-0.2, 0) is 32.2 Å². The number of hydrogen-bond acceptors (Lipinski definition) is 7.